The van der Waals surface area contributed by atoms with Gasteiger partial charge in [0.2, 0.25) is 0 Å². The summed E-state index contributed by atoms with van der Waals surface area (Å²) in [5.74, 6) is 0.855. The molecule has 1 unspecified atom stereocenters. The molecular weight excluding hydrogens is 220 g/mol. The van der Waals surface area contributed by atoms with Crippen LogP contribution >= 0.6 is 11.8 Å². The van der Waals surface area contributed by atoms with Gasteiger partial charge in [0.25, 0.3) is 0 Å². The second-order valence-corrected chi connectivity index (χ2v) is 4.57. The number of ether oxygens (including phenoxy) is 1. The Hall–Kier alpha value is -1.13. The van der Waals surface area contributed by atoms with Crippen LogP contribution in [0.15, 0.2) is 35.8 Å². The van der Waals surface area contributed by atoms with Gasteiger partial charge in [-0.05, 0) is 11.5 Å². The Balaban J connectivity index is 2.17. The maximum atomic E-state index is 7.87. The molecule has 0 fully saturated rings. The van der Waals surface area contributed by atoms with E-state index in [-0.39, 0.29) is 5.37 Å². The first-order valence-corrected chi connectivity index (χ1v) is 6.11. The average Bonchev–Trinajstić information content (AvgIpc) is 2.71. The van der Waals surface area contributed by atoms with Crippen molar-refractivity contribution in [2.24, 2.45) is 5.73 Å². The van der Waals surface area contributed by atoms with Crippen molar-refractivity contribution < 1.29 is 6.11 Å². The van der Waals surface area contributed by atoms with Gasteiger partial charge in [-0.3, -0.25) is 0 Å². The fourth-order valence-corrected chi connectivity index (χ4v) is 2.43. The molecule has 3 nitrogen and oxygen atoms in total. The minimum Gasteiger partial charge on any atom is -0.496 e. The lowest BCUT2D eigenvalue weighted by molar-refractivity contribution is 0.344. The fourth-order valence-electron chi connectivity index (χ4n) is 1.68. The maximum absolute atomic E-state index is 7.87. The van der Waals surface area contributed by atoms with Crippen LogP contribution in [0, 0.1) is 0 Å². The predicted molar refractivity (Wildman–Crippen MR) is 68.1 cm³/mol. The van der Waals surface area contributed by atoms with Crippen LogP contribution in [0.1, 0.15) is 6.93 Å². The molecule has 0 saturated heterocycles. The molecule has 1 heterocycles. The standard InChI is InChI=1S/C12H16N2OS/c1-15-11-5-3-2-4-10(11)9-14-6-7-16-12(14)8-13/h2-7,12H,8-9,13H2,1H3/i6D. The Morgan fingerprint density at radius 3 is 3.12 bits per heavy atom. The number of rotatable bonds is 4. The van der Waals surface area contributed by atoms with Gasteiger partial charge in [0.1, 0.15) is 5.75 Å². The molecule has 2 N–H and O–H groups in total. The van der Waals surface area contributed by atoms with E-state index in [1.54, 1.807) is 18.9 Å². The molecule has 2 rings (SSSR count). The van der Waals surface area contributed by atoms with E-state index < -0.39 is 0 Å². The molecule has 86 valence electrons. The Morgan fingerprint density at radius 2 is 2.38 bits per heavy atom. The first-order valence-electron chi connectivity index (χ1n) is 5.67. The Bertz CT molecular complexity index is 425. The maximum Gasteiger partial charge on any atom is 0.123 e. The molecule has 1 aromatic carbocycles. The van der Waals surface area contributed by atoms with Crippen molar-refractivity contribution in [2.75, 3.05) is 13.7 Å². The van der Waals surface area contributed by atoms with E-state index in [1.807, 2.05) is 34.6 Å². The van der Waals surface area contributed by atoms with Gasteiger partial charge in [0.15, 0.2) is 0 Å². The molecule has 0 saturated carbocycles. The van der Waals surface area contributed by atoms with Crippen LogP contribution in [-0.4, -0.2) is 23.9 Å². The summed E-state index contributed by atoms with van der Waals surface area (Å²) in [6.07, 6.45) is 0.524. The summed E-state index contributed by atoms with van der Waals surface area (Å²) in [5, 5.41) is 2.00. The van der Waals surface area contributed by atoms with Crippen LogP contribution in [0.25, 0.3) is 0 Å². The molecule has 1 aliphatic heterocycles. The highest BCUT2D eigenvalue weighted by Gasteiger charge is 2.19. The molecule has 1 aromatic rings. The number of hydrogen-bond donors (Lipinski definition) is 1. The number of nitrogens with two attached hydrogens (primary N) is 1. The van der Waals surface area contributed by atoms with Gasteiger partial charge in [0, 0.05) is 24.8 Å². The Morgan fingerprint density at radius 1 is 1.56 bits per heavy atom. The summed E-state index contributed by atoms with van der Waals surface area (Å²) in [4.78, 5) is 1.99. The van der Waals surface area contributed by atoms with Gasteiger partial charge in [-0.2, -0.15) is 0 Å². The van der Waals surface area contributed by atoms with E-state index in [1.165, 1.54) is 0 Å². The zero-order valence-electron chi connectivity index (χ0n) is 10.2. The smallest absolute Gasteiger partial charge is 0.123 e. The SMILES string of the molecule is [2H]C1=CSC(CN)N1Cc1ccccc1OC. The number of nitrogens with zero attached hydrogens (tertiary/aromatic N) is 1. The zero-order valence-corrected chi connectivity index (χ0v) is 10.0. The second kappa shape index (κ2) is 5.27. The quantitative estimate of drug-likeness (QED) is 0.869. The Kier molecular flexibility index (Phi) is 3.31. The normalized spacial score (nSPS) is 20.6. The molecule has 0 spiro atoms. The van der Waals surface area contributed by atoms with Crippen LogP contribution in [0.4, 0.5) is 0 Å². The van der Waals surface area contributed by atoms with Crippen LogP contribution in [0.5, 0.6) is 5.75 Å². The molecule has 16 heavy (non-hydrogen) atoms. The predicted octanol–water partition coefficient (Wildman–Crippen LogP) is 2.00. The fraction of sp³-hybridized carbons (Fsp3) is 0.333. The van der Waals surface area contributed by atoms with E-state index in [0.717, 1.165) is 11.3 Å². The topological polar surface area (TPSA) is 38.5 Å². The number of methoxy groups -OCH3 is 1. The van der Waals surface area contributed by atoms with Crippen molar-refractivity contribution in [1.82, 2.24) is 4.90 Å². The third kappa shape index (κ3) is 2.33. The van der Waals surface area contributed by atoms with E-state index >= 15 is 0 Å². The van der Waals surface area contributed by atoms with Gasteiger partial charge >= 0.3 is 0 Å². The lowest BCUT2D eigenvalue weighted by atomic mass is 10.2. The van der Waals surface area contributed by atoms with Gasteiger partial charge in [-0.15, -0.1) is 11.8 Å². The summed E-state index contributed by atoms with van der Waals surface area (Å²) in [6.45, 7) is 1.20. The van der Waals surface area contributed by atoms with Crippen molar-refractivity contribution >= 4 is 11.8 Å². The van der Waals surface area contributed by atoms with Gasteiger partial charge in [-0.1, -0.05) is 18.2 Å². The first kappa shape index (κ1) is 10.1. The van der Waals surface area contributed by atoms with Crippen molar-refractivity contribution in [3.8, 4) is 5.75 Å². The highest BCUT2D eigenvalue weighted by molar-refractivity contribution is 8.02. The molecule has 0 radical (unpaired) electrons. The van der Waals surface area contributed by atoms with Crippen molar-refractivity contribution in [3.05, 3.63) is 41.4 Å². The largest absolute Gasteiger partial charge is 0.496 e. The van der Waals surface area contributed by atoms with E-state index in [9.17, 15) is 0 Å². The van der Waals surface area contributed by atoms with Crippen molar-refractivity contribution in [1.29, 1.82) is 0 Å². The first-order chi connectivity index (χ1) is 8.26. The third-order valence-corrected chi connectivity index (χ3v) is 3.53. The van der Waals surface area contributed by atoms with Crippen molar-refractivity contribution in [3.63, 3.8) is 0 Å². The second-order valence-electron chi connectivity index (χ2n) is 3.51. The van der Waals surface area contributed by atoms with Gasteiger partial charge in [-0.25, -0.2) is 0 Å². The molecule has 1 aliphatic rings. The monoisotopic (exact) mass is 237 g/mol. The molecule has 0 amide bonds. The van der Waals surface area contributed by atoms with Crippen LogP contribution in [0.3, 0.4) is 0 Å². The van der Waals surface area contributed by atoms with Crippen molar-refractivity contribution in [2.45, 2.75) is 11.9 Å². The van der Waals surface area contributed by atoms with E-state index in [2.05, 4.69) is 0 Å². The average molecular weight is 237 g/mol. The highest BCUT2D eigenvalue weighted by Crippen LogP contribution is 2.28. The minimum atomic E-state index is 0.160. The van der Waals surface area contributed by atoms with E-state index in [4.69, 9.17) is 11.8 Å². The van der Waals surface area contributed by atoms with Crippen LogP contribution < -0.4 is 10.5 Å². The van der Waals surface area contributed by atoms with Gasteiger partial charge < -0.3 is 15.4 Å². The lowest BCUT2D eigenvalue weighted by Crippen LogP contribution is -2.31. The number of hydrogen-bond acceptors (Lipinski definition) is 4. The highest BCUT2D eigenvalue weighted by atomic mass is 32.2. The minimum absolute atomic E-state index is 0.160. The van der Waals surface area contributed by atoms with E-state index in [0.29, 0.717) is 19.3 Å². The zero-order chi connectivity index (χ0) is 12.3. The summed E-state index contributed by atoms with van der Waals surface area (Å²) >= 11 is 1.60. The summed E-state index contributed by atoms with van der Waals surface area (Å²) in [7, 11) is 1.66. The number of para-hydroxylation sites is 1. The summed E-state index contributed by atoms with van der Waals surface area (Å²) in [5.41, 5.74) is 6.78. The summed E-state index contributed by atoms with van der Waals surface area (Å²) < 4.78 is 13.2. The van der Waals surface area contributed by atoms with Crippen LogP contribution in [-0.2, 0) is 6.54 Å². The van der Waals surface area contributed by atoms with Crippen LogP contribution in [0.2, 0.25) is 0 Å². The van der Waals surface area contributed by atoms with Gasteiger partial charge in [0.05, 0.1) is 13.9 Å². The molecule has 0 bridgehead atoms. The Labute approximate surface area is 102 Å². The molecule has 4 heteroatoms. The summed E-state index contributed by atoms with van der Waals surface area (Å²) in [6, 6.07) is 7.87. The lowest BCUT2D eigenvalue weighted by Gasteiger charge is -2.24. The molecule has 0 aliphatic carbocycles. The number of benzene rings is 1. The molecular formula is C12H16N2OS. The molecule has 0 aromatic heterocycles. The molecule has 1 atom stereocenters. The third-order valence-electron chi connectivity index (χ3n) is 2.53. The number of thioether (sulfide) groups is 1.